The Kier molecular flexibility index (Phi) is 6.40. The summed E-state index contributed by atoms with van der Waals surface area (Å²) in [4.78, 5) is 25.5. The van der Waals surface area contributed by atoms with E-state index in [0.717, 1.165) is 4.80 Å². The molecule has 29 heavy (non-hydrogen) atoms. The van der Waals surface area contributed by atoms with Gasteiger partial charge < -0.3 is 14.8 Å². The van der Waals surface area contributed by atoms with Crippen LogP contribution in [0.15, 0.2) is 48.5 Å². The lowest BCUT2D eigenvalue weighted by molar-refractivity contribution is -0.154. The molecule has 150 valence electrons. The predicted octanol–water partition coefficient (Wildman–Crippen LogP) is 2.57. The van der Waals surface area contributed by atoms with Crippen molar-refractivity contribution in [3.05, 3.63) is 53.6 Å². The van der Waals surface area contributed by atoms with Crippen LogP contribution in [0.3, 0.4) is 0 Å². The second-order valence-electron chi connectivity index (χ2n) is 5.97. The summed E-state index contributed by atoms with van der Waals surface area (Å²) < 4.78 is 10.3. The number of nitrogens with zero attached hydrogens (tertiary/aromatic N) is 4. The van der Waals surface area contributed by atoms with E-state index in [0.29, 0.717) is 27.8 Å². The van der Waals surface area contributed by atoms with Crippen LogP contribution in [0.5, 0.6) is 5.75 Å². The van der Waals surface area contributed by atoms with Gasteiger partial charge in [-0.3, -0.25) is 4.79 Å². The highest BCUT2D eigenvalue weighted by atomic mass is 35.5. The number of methoxy groups -OCH3 is 1. The number of benzene rings is 2. The summed E-state index contributed by atoms with van der Waals surface area (Å²) >= 11 is 5.85. The van der Waals surface area contributed by atoms with Crippen molar-refractivity contribution in [2.24, 2.45) is 0 Å². The first-order chi connectivity index (χ1) is 14.0. The van der Waals surface area contributed by atoms with Gasteiger partial charge in [-0.1, -0.05) is 23.7 Å². The third kappa shape index (κ3) is 5.29. The molecule has 0 spiro atoms. The number of carbonyl (C=O) groups excluding carboxylic acids is 2. The molecule has 1 atom stereocenters. The topological polar surface area (TPSA) is 108 Å². The monoisotopic (exact) mass is 415 g/mol. The summed E-state index contributed by atoms with van der Waals surface area (Å²) in [6.07, 6.45) is -1.02. The number of esters is 1. The highest BCUT2D eigenvalue weighted by Gasteiger charge is 2.20. The molecule has 0 aliphatic heterocycles. The molecule has 0 aliphatic carbocycles. The van der Waals surface area contributed by atoms with Crippen molar-refractivity contribution in [3.63, 3.8) is 0 Å². The van der Waals surface area contributed by atoms with Crippen molar-refractivity contribution in [2.75, 3.05) is 12.4 Å². The van der Waals surface area contributed by atoms with E-state index < -0.39 is 18.0 Å². The lowest BCUT2D eigenvalue weighted by Crippen LogP contribution is -2.31. The minimum absolute atomic E-state index is 0.285. The zero-order chi connectivity index (χ0) is 20.8. The summed E-state index contributed by atoms with van der Waals surface area (Å²) in [6, 6.07) is 13.8. The lowest BCUT2D eigenvalue weighted by Gasteiger charge is -2.14. The van der Waals surface area contributed by atoms with Crippen molar-refractivity contribution in [1.29, 1.82) is 0 Å². The van der Waals surface area contributed by atoms with Crippen LogP contribution in [0.1, 0.15) is 6.92 Å². The number of aromatic nitrogens is 4. The van der Waals surface area contributed by atoms with Gasteiger partial charge in [-0.05, 0) is 48.5 Å². The summed E-state index contributed by atoms with van der Waals surface area (Å²) in [6.45, 7) is 1.18. The third-order valence-electron chi connectivity index (χ3n) is 3.87. The zero-order valence-corrected chi connectivity index (χ0v) is 16.5. The van der Waals surface area contributed by atoms with Gasteiger partial charge in [0.25, 0.3) is 5.91 Å². The molecule has 0 fully saturated rings. The Balaban J connectivity index is 1.56. The minimum atomic E-state index is -1.02. The second-order valence-corrected chi connectivity index (χ2v) is 6.41. The van der Waals surface area contributed by atoms with Gasteiger partial charge in [-0.15, -0.1) is 10.2 Å². The van der Waals surface area contributed by atoms with Gasteiger partial charge in [0.15, 0.2) is 12.6 Å². The number of tetrazole rings is 1. The molecule has 3 rings (SSSR count). The average Bonchev–Trinajstić information content (AvgIpc) is 3.17. The summed E-state index contributed by atoms with van der Waals surface area (Å²) in [5.74, 6) is -0.318. The van der Waals surface area contributed by atoms with Crippen LogP contribution in [0.2, 0.25) is 5.02 Å². The molecule has 10 heteroatoms. The fraction of sp³-hybridized carbons (Fsp3) is 0.211. The summed E-state index contributed by atoms with van der Waals surface area (Å²) in [5, 5.41) is 15.1. The Morgan fingerprint density at radius 2 is 1.90 bits per heavy atom. The molecule has 0 aliphatic rings. The maximum atomic E-state index is 12.3. The minimum Gasteiger partial charge on any atom is -0.495 e. The molecule has 0 bridgehead atoms. The van der Waals surface area contributed by atoms with Gasteiger partial charge in [0, 0.05) is 10.6 Å². The summed E-state index contributed by atoms with van der Waals surface area (Å²) in [5.41, 5.74) is 1.19. The number of hydrogen-bond acceptors (Lipinski definition) is 7. The number of nitrogens with one attached hydrogen (secondary N) is 1. The van der Waals surface area contributed by atoms with Gasteiger partial charge >= 0.3 is 5.97 Å². The van der Waals surface area contributed by atoms with E-state index in [-0.39, 0.29) is 6.54 Å². The van der Waals surface area contributed by atoms with Crippen LogP contribution < -0.4 is 10.1 Å². The molecule has 0 saturated carbocycles. The molecular weight excluding hydrogens is 398 g/mol. The Morgan fingerprint density at radius 1 is 1.17 bits per heavy atom. The number of hydrogen-bond donors (Lipinski definition) is 1. The first kappa shape index (κ1) is 20.3. The molecule has 3 aromatic rings. The molecule has 0 unspecified atom stereocenters. The van der Waals surface area contributed by atoms with E-state index in [4.69, 9.17) is 21.1 Å². The van der Waals surface area contributed by atoms with E-state index in [2.05, 4.69) is 20.7 Å². The van der Waals surface area contributed by atoms with Gasteiger partial charge in [-0.2, -0.15) is 4.80 Å². The van der Waals surface area contributed by atoms with E-state index in [9.17, 15) is 9.59 Å². The summed E-state index contributed by atoms with van der Waals surface area (Å²) in [7, 11) is 1.50. The van der Waals surface area contributed by atoms with Gasteiger partial charge in [0.2, 0.25) is 5.82 Å². The quantitative estimate of drug-likeness (QED) is 0.590. The Bertz CT molecular complexity index is 1010. The van der Waals surface area contributed by atoms with Crippen LogP contribution in [-0.4, -0.2) is 45.3 Å². The second kappa shape index (κ2) is 9.16. The third-order valence-corrected chi connectivity index (χ3v) is 4.12. The van der Waals surface area contributed by atoms with Crippen LogP contribution in [0.4, 0.5) is 5.69 Å². The average molecular weight is 416 g/mol. The molecule has 1 heterocycles. The zero-order valence-electron chi connectivity index (χ0n) is 15.7. The van der Waals surface area contributed by atoms with Crippen LogP contribution in [0, 0.1) is 0 Å². The predicted molar refractivity (Wildman–Crippen MR) is 105 cm³/mol. The first-order valence-corrected chi connectivity index (χ1v) is 9.01. The number of ether oxygens (including phenoxy) is 2. The maximum absolute atomic E-state index is 12.3. The Hall–Kier alpha value is -3.46. The molecule has 1 N–H and O–H groups in total. The molecule has 0 saturated heterocycles. The van der Waals surface area contributed by atoms with Gasteiger partial charge in [0.1, 0.15) is 5.75 Å². The highest BCUT2D eigenvalue weighted by Crippen LogP contribution is 2.23. The van der Waals surface area contributed by atoms with Crippen LogP contribution in [-0.2, 0) is 20.9 Å². The van der Waals surface area contributed by atoms with Crippen molar-refractivity contribution < 1.29 is 19.1 Å². The van der Waals surface area contributed by atoms with Crippen molar-refractivity contribution >= 4 is 29.2 Å². The van der Waals surface area contributed by atoms with Crippen LogP contribution >= 0.6 is 11.6 Å². The molecule has 2 aromatic carbocycles. The van der Waals surface area contributed by atoms with E-state index in [1.165, 1.54) is 14.0 Å². The molecule has 1 aromatic heterocycles. The molecule has 1 amide bonds. The number of halogens is 1. The molecule has 9 nitrogen and oxygen atoms in total. The first-order valence-electron chi connectivity index (χ1n) is 8.63. The SMILES string of the molecule is COc1ccccc1NC(=O)[C@H](C)OC(=O)Cn1nnc(-c2ccc(Cl)cc2)n1. The highest BCUT2D eigenvalue weighted by molar-refractivity contribution is 6.30. The van der Waals surface area contributed by atoms with Crippen LogP contribution in [0.25, 0.3) is 11.4 Å². The Labute approximate surface area is 171 Å². The van der Waals surface area contributed by atoms with Crippen molar-refractivity contribution in [3.8, 4) is 17.1 Å². The Morgan fingerprint density at radius 3 is 2.62 bits per heavy atom. The van der Waals surface area contributed by atoms with E-state index in [1.807, 2.05) is 0 Å². The number of carbonyl (C=O) groups is 2. The normalized spacial score (nSPS) is 11.6. The smallest absolute Gasteiger partial charge is 0.330 e. The fourth-order valence-electron chi connectivity index (χ4n) is 2.41. The number of anilines is 1. The maximum Gasteiger partial charge on any atom is 0.330 e. The number of rotatable bonds is 7. The van der Waals surface area contributed by atoms with E-state index >= 15 is 0 Å². The van der Waals surface area contributed by atoms with Crippen molar-refractivity contribution in [1.82, 2.24) is 20.2 Å². The standard InChI is InChI=1S/C19H18ClN5O4/c1-12(19(27)21-15-5-3-4-6-16(15)28-2)29-17(26)11-25-23-18(22-24-25)13-7-9-14(20)10-8-13/h3-10,12H,11H2,1-2H3,(H,21,27)/t12-/m0/s1. The fourth-order valence-corrected chi connectivity index (χ4v) is 2.54. The molecular formula is C19H18ClN5O4. The lowest BCUT2D eigenvalue weighted by atomic mass is 10.2. The number of para-hydroxylation sites is 2. The largest absolute Gasteiger partial charge is 0.495 e. The van der Waals surface area contributed by atoms with E-state index in [1.54, 1.807) is 48.5 Å². The van der Waals surface area contributed by atoms with Gasteiger partial charge in [0.05, 0.1) is 12.8 Å². The molecule has 0 radical (unpaired) electrons. The number of amides is 1. The van der Waals surface area contributed by atoms with Gasteiger partial charge in [-0.25, -0.2) is 4.79 Å². The van der Waals surface area contributed by atoms with Crippen molar-refractivity contribution in [2.45, 2.75) is 19.6 Å².